The van der Waals surface area contributed by atoms with Crippen molar-refractivity contribution in [1.29, 1.82) is 0 Å². The highest BCUT2D eigenvalue weighted by atomic mass is 19.4. The van der Waals surface area contributed by atoms with E-state index in [0.29, 0.717) is 11.3 Å². The van der Waals surface area contributed by atoms with E-state index >= 15 is 0 Å². The number of pyridine rings is 1. The second kappa shape index (κ2) is 5.02. The molecule has 1 heterocycles. The molecule has 1 aromatic carbocycles. The number of aromatic nitrogens is 1. The zero-order valence-corrected chi connectivity index (χ0v) is 11.7. The Labute approximate surface area is 119 Å². The van der Waals surface area contributed by atoms with Gasteiger partial charge in [-0.05, 0) is 36.6 Å². The summed E-state index contributed by atoms with van der Waals surface area (Å²) in [5.74, 6) is -1.27. The largest absolute Gasteiger partial charge is 0.478 e. The fourth-order valence-electron chi connectivity index (χ4n) is 2.39. The second-order valence-electron chi connectivity index (χ2n) is 5.19. The van der Waals surface area contributed by atoms with Gasteiger partial charge in [0.15, 0.2) is 0 Å². The van der Waals surface area contributed by atoms with Gasteiger partial charge < -0.3 is 5.11 Å². The van der Waals surface area contributed by atoms with Crippen LogP contribution in [0.1, 0.15) is 46.9 Å². The van der Waals surface area contributed by atoms with Crippen molar-refractivity contribution in [3.05, 3.63) is 40.6 Å². The molecule has 0 aliphatic rings. The van der Waals surface area contributed by atoms with Gasteiger partial charge in [0.2, 0.25) is 0 Å². The number of halogens is 3. The van der Waals surface area contributed by atoms with Crippen molar-refractivity contribution in [1.82, 2.24) is 4.98 Å². The molecule has 0 aliphatic heterocycles. The topological polar surface area (TPSA) is 50.2 Å². The van der Waals surface area contributed by atoms with Crippen molar-refractivity contribution in [2.75, 3.05) is 0 Å². The number of carboxylic acid groups (broad SMARTS) is 1. The fraction of sp³-hybridized carbons (Fsp3) is 0.333. The summed E-state index contributed by atoms with van der Waals surface area (Å²) in [6, 6.07) is 2.99. The van der Waals surface area contributed by atoms with Crippen LogP contribution >= 0.6 is 0 Å². The maximum Gasteiger partial charge on any atom is 0.416 e. The summed E-state index contributed by atoms with van der Waals surface area (Å²) < 4.78 is 38.4. The molecule has 1 aromatic heterocycles. The molecule has 0 saturated heterocycles. The molecule has 0 bridgehead atoms. The van der Waals surface area contributed by atoms with Gasteiger partial charge in [-0.3, -0.25) is 4.98 Å². The molecule has 2 aromatic rings. The number of carbonyl (C=O) groups is 1. The lowest BCUT2D eigenvalue weighted by Gasteiger charge is -2.15. The fourth-order valence-corrected chi connectivity index (χ4v) is 2.39. The molecule has 3 nitrogen and oxygen atoms in total. The van der Waals surface area contributed by atoms with Gasteiger partial charge >= 0.3 is 12.1 Å². The summed E-state index contributed by atoms with van der Waals surface area (Å²) in [4.78, 5) is 15.8. The lowest BCUT2D eigenvalue weighted by atomic mass is 9.95. The van der Waals surface area contributed by atoms with Gasteiger partial charge in [0.1, 0.15) is 0 Å². The predicted octanol–water partition coefficient (Wildman–Crippen LogP) is 4.38. The van der Waals surface area contributed by atoms with Crippen LogP contribution < -0.4 is 0 Å². The molecule has 112 valence electrons. The van der Waals surface area contributed by atoms with Gasteiger partial charge in [0.05, 0.1) is 16.6 Å². The van der Waals surface area contributed by atoms with Crippen LogP contribution in [0.25, 0.3) is 10.9 Å². The van der Waals surface area contributed by atoms with Gasteiger partial charge in [-0.1, -0.05) is 13.8 Å². The zero-order chi connectivity index (χ0) is 15.9. The van der Waals surface area contributed by atoms with Crippen molar-refractivity contribution in [2.24, 2.45) is 0 Å². The van der Waals surface area contributed by atoms with Crippen LogP contribution in [0, 0.1) is 6.92 Å². The molecule has 6 heteroatoms. The van der Waals surface area contributed by atoms with Crippen LogP contribution in [0.2, 0.25) is 0 Å². The first-order valence-electron chi connectivity index (χ1n) is 6.37. The zero-order valence-electron chi connectivity index (χ0n) is 11.7. The number of hydrogen-bond acceptors (Lipinski definition) is 2. The smallest absolute Gasteiger partial charge is 0.416 e. The minimum Gasteiger partial charge on any atom is -0.478 e. The predicted molar refractivity (Wildman–Crippen MR) is 72.5 cm³/mol. The standard InChI is InChI=1S/C15H14F3NO2/c1-7(2)13-8(3)12(14(20)21)10-6-9(15(16,17)18)4-5-11(10)19-13/h4-7H,1-3H3,(H,20,21). The van der Waals surface area contributed by atoms with Crippen molar-refractivity contribution < 1.29 is 23.1 Å². The summed E-state index contributed by atoms with van der Waals surface area (Å²) in [7, 11) is 0. The van der Waals surface area contributed by atoms with Crippen LogP contribution in [-0.2, 0) is 6.18 Å². The Balaban J connectivity index is 2.88. The molecular formula is C15H14F3NO2. The van der Waals surface area contributed by atoms with Gasteiger partial charge in [-0.15, -0.1) is 0 Å². The lowest BCUT2D eigenvalue weighted by Crippen LogP contribution is -2.10. The summed E-state index contributed by atoms with van der Waals surface area (Å²) in [5.41, 5.74) is 0.254. The Morgan fingerprint density at radius 3 is 2.38 bits per heavy atom. The Hall–Kier alpha value is -2.11. The van der Waals surface area contributed by atoms with E-state index < -0.39 is 17.7 Å². The molecule has 0 amide bonds. The Morgan fingerprint density at radius 2 is 1.90 bits per heavy atom. The highest BCUT2D eigenvalue weighted by Crippen LogP contribution is 2.34. The third kappa shape index (κ3) is 2.70. The highest BCUT2D eigenvalue weighted by molar-refractivity contribution is 6.04. The number of aromatic carboxylic acids is 1. The maximum absolute atomic E-state index is 12.8. The third-order valence-corrected chi connectivity index (χ3v) is 3.35. The molecule has 2 rings (SSSR count). The quantitative estimate of drug-likeness (QED) is 0.894. The number of alkyl halides is 3. The average molecular weight is 297 g/mol. The van der Waals surface area contributed by atoms with Gasteiger partial charge in [-0.25, -0.2) is 4.79 Å². The van der Waals surface area contributed by atoms with Crippen molar-refractivity contribution in [2.45, 2.75) is 32.9 Å². The Bertz CT molecular complexity index is 721. The molecular weight excluding hydrogens is 283 g/mol. The number of benzene rings is 1. The molecule has 21 heavy (non-hydrogen) atoms. The van der Waals surface area contributed by atoms with Gasteiger partial charge in [0.25, 0.3) is 0 Å². The van der Waals surface area contributed by atoms with Crippen LogP contribution in [-0.4, -0.2) is 16.1 Å². The number of nitrogens with zero attached hydrogens (tertiary/aromatic N) is 1. The monoisotopic (exact) mass is 297 g/mol. The molecule has 0 spiro atoms. The first-order chi connectivity index (χ1) is 9.62. The summed E-state index contributed by atoms with van der Waals surface area (Å²) in [6.07, 6.45) is -4.52. The van der Waals surface area contributed by atoms with Crippen molar-refractivity contribution in [3.8, 4) is 0 Å². The summed E-state index contributed by atoms with van der Waals surface area (Å²) in [6.45, 7) is 5.29. The molecule has 1 N–H and O–H groups in total. The van der Waals surface area contributed by atoms with Gasteiger partial charge in [0, 0.05) is 11.1 Å². The molecule has 0 saturated carbocycles. The normalized spacial score (nSPS) is 12.1. The van der Waals surface area contributed by atoms with E-state index in [9.17, 15) is 23.1 Å². The lowest BCUT2D eigenvalue weighted by molar-refractivity contribution is -0.137. The highest BCUT2D eigenvalue weighted by Gasteiger charge is 2.31. The number of hydrogen-bond donors (Lipinski definition) is 1. The maximum atomic E-state index is 12.8. The van der Waals surface area contributed by atoms with Crippen molar-refractivity contribution in [3.63, 3.8) is 0 Å². The SMILES string of the molecule is Cc1c(C(C)C)nc2ccc(C(F)(F)F)cc2c1C(=O)O. The van der Waals surface area contributed by atoms with E-state index in [0.717, 1.165) is 12.1 Å². The number of carboxylic acids is 1. The number of rotatable bonds is 2. The van der Waals surface area contributed by atoms with E-state index in [1.54, 1.807) is 6.92 Å². The van der Waals surface area contributed by atoms with Crippen LogP contribution in [0.4, 0.5) is 13.2 Å². The number of fused-ring (bicyclic) bond motifs is 1. The molecule has 0 radical (unpaired) electrons. The Kier molecular flexibility index (Phi) is 3.65. The minimum atomic E-state index is -4.52. The first kappa shape index (κ1) is 15.3. The minimum absolute atomic E-state index is 0.0132. The van der Waals surface area contributed by atoms with Crippen LogP contribution in [0.5, 0.6) is 0 Å². The molecule has 0 fully saturated rings. The molecule has 0 unspecified atom stereocenters. The van der Waals surface area contributed by atoms with E-state index in [-0.39, 0.29) is 22.4 Å². The Morgan fingerprint density at radius 1 is 1.29 bits per heavy atom. The summed E-state index contributed by atoms with van der Waals surface area (Å²) >= 11 is 0. The van der Waals surface area contributed by atoms with E-state index in [2.05, 4.69) is 4.98 Å². The van der Waals surface area contributed by atoms with Gasteiger partial charge in [-0.2, -0.15) is 13.2 Å². The van der Waals surface area contributed by atoms with E-state index in [1.807, 2.05) is 13.8 Å². The summed E-state index contributed by atoms with van der Waals surface area (Å²) in [5, 5.41) is 9.37. The van der Waals surface area contributed by atoms with Crippen molar-refractivity contribution >= 4 is 16.9 Å². The van der Waals surface area contributed by atoms with Crippen LogP contribution in [0.3, 0.4) is 0 Å². The average Bonchev–Trinajstić information content (AvgIpc) is 2.35. The molecule has 0 aliphatic carbocycles. The van der Waals surface area contributed by atoms with Crippen LogP contribution in [0.15, 0.2) is 18.2 Å². The third-order valence-electron chi connectivity index (χ3n) is 3.35. The molecule has 0 atom stereocenters. The second-order valence-corrected chi connectivity index (χ2v) is 5.19. The first-order valence-corrected chi connectivity index (χ1v) is 6.37. The van der Waals surface area contributed by atoms with E-state index in [1.165, 1.54) is 6.07 Å². The van der Waals surface area contributed by atoms with E-state index in [4.69, 9.17) is 0 Å².